The van der Waals surface area contributed by atoms with Crippen molar-refractivity contribution in [3.8, 4) is 5.75 Å². The first-order chi connectivity index (χ1) is 15.0. The molecule has 0 spiro atoms. The van der Waals surface area contributed by atoms with Crippen LogP contribution in [0.3, 0.4) is 0 Å². The fourth-order valence-corrected chi connectivity index (χ4v) is 3.11. The molecule has 1 atom stereocenters. The zero-order valence-electron chi connectivity index (χ0n) is 18.2. The van der Waals surface area contributed by atoms with E-state index >= 15 is 0 Å². The Balaban J connectivity index is 1.68. The minimum atomic E-state index is -0.253. The van der Waals surface area contributed by atoms with Gasteiger partial charge in [0.2, 0.25) is 0 Å². The van der Waals surface area contributed by atoms with Gasteiger partial charge in [0.25, 0.3) is 11.8 Å². The topological polar surface area (TPSA) is 58.6 Å². The van der Waals surface area contributed by atoms with Gasteiger partial charge in [0.05, 0.1) is 6.10 Å². The standard InChI is InChI=1S/C26H28N2O3/c1-4-19(2)31-24-15-9-12-21(17-24)25(29)27-23-14-8-13-22(16-23)26(30)28(3)18-20-10-6-5-7-11-20/h5-17,19H,4,18H2,1-3H3,(H,27,29). The minimum Gasteiger partial charge on any atom is -0.491 e. The van der Waals surface area contributed by atoms with Gasteiger partial charge in [-0.25, -0.2) is 0 Å². The molecule has 5 heteroatoms. The summed E-state index contributed by atoms with van der Waals surface area (Å²) in [6, 6.07) is 23.9. The van der Waals surface area contributed by atoms with Crippen molar-refractivity contribution in [1.82, 2.24) is 4.90 Å². The maximum absolute atomic E-state index is 12.8. The van der Waals surface area contributed by atoms with Crippen molar-refractivity contribution in [3.63, 3.8) is 0 Å². The summed E-state index contributed by atoms with van der Waals surface area (Å²) in [4.78, 5) is 27.2. The van der Waals surface area contributed by atoms with E-state index in [1.165, 1.54) is 0 Å². The third-order valence-electron chi connectivity index (χ3n) is 4.99. The molecule has 160 valence electrons. The summed E-state index contributed by atoms with van der Waals surface area (Å²) in [5.74, 6) is 0.300. The number of anilines is 1. The van der Waals surface area contributed by atoms with Gasteiger partial charge in [-0.05, 0) is 55.3 Å². The first kappa shape index (κ1) is 22.1. The van der Waals surface area contributed by atoms with Gasteiger partial charge < -0.3 is 15.0 Å². The molecule has 0 saturated carbocycles. The molecule has 0 fully saturated rings. The fraction of sp³-hybridized carbons (Fsp3) is 0.231. The molecule has 0 aromatic heterocycles. The minimum absolute atomic E-state index is 0.0777. The van der Waals surface area contributed by atoms with Gasteiger partial charge in [-0.3, -0.25) is 9.59 Å². The average Bonchev–Trinajstić information content (AvgIpc) is 2.79. The number of carbonyl (C=O) groups is 2. The molecule has 0 aliphatic heterocycles. The van der Waals surface area contributed by atoms with Crippen LogP contribution in [0.2, 0.25) is 0 Å². The van der Waals surface area contributed by atoms with E-state index in [1.54, 1.807) is 54.4 Å². The second-order valence-electron chi connectivity index (χ2n) is 7.55. The van der Waals surface area contributed by atoms with Crippen LogP contribution in [0, 0.1) is 0 Å². The fourth-order valence-electron chi connectivity index (χ4n) is 3.11. The van der Waals surface area contributed by atoms with Crippen molar-refractivity contribution >= 4 is 17.5 Å². The third kappa shape index (κ3) is 6.19. The zero-order chi connectivity index (χ0) is 22.2. The molecule has 0 aliphatic rings. The van der Waals surface area contributed by atoms with E-state index in [2.05, 4.69) is 5.32 Å². The van der Waals surface area contributed by atoms with E-state index in [4.69, 9.17) is 4.74 Å². The summed E-state index contributed by atoms with van der Waals surface area (Å²) in [5, 5.41) is 2.87. The Morgan fingerprint density at radius 3 is 2.39 bits per heavy atom. The maximum Gasteiger partial charge on any atom is 0.255 e. The maximum atomic E-state index is 12.8. The van der Waals surface area contributed by atoms with Gasteiger partial charge in [-0.15, -0.1) is 0 Å². The van der Waals surface area contributed by atoms with Gasteiger partial charge in [-0.1, -0.05) is 49.4 Å². The first-order valence-corrected chi connectivity index (χ1v) is 10.4. The molecule has 31 heavy (non-hydrogen) atoms. The van der Waals surface area contributed by atoms with Crippen molar-refractivity contribution in [1.29, 1.82) is 0 Å². The molecule has 3 aromatic carbocycles. The van der Waals surface area contributed by atoms with Gasteiger partial charge in [0.15, 0.2) is 0 Å². The SMILES string of the molecule is CCC(C)Oc1cccc(C(=O)Nc2cccc(C(=O)N(C)Cc3ccccc3)c2)c1. The number of nitrogens with one attached hydrogen (secondary N) is 1. The molecule has 1 N–H and O–H groups in total. The summed E-state index contributed by atoms with van der Waals surface area (Å²) in [5.41, 5.74) is 2.64. The lowest BCUT2D eigenvalue weighted by atomic mass is 10.1. The second kappa shape index (κ2) is 10.4. The molecule has 0 saturated heterocycles. The van der Waals surface area contributed by atoms with Crippen LogP contribution in [0.25, 0.3) is 0 Å². The van der Waals surface area contributed by atoms with Crippen molar-refractivity contribution in [2.45, 2.75) is 32.9 Å². The summed E-state index contributed by atoms with van der Waals surface area (Å²) in [6.45, 7) is 4.55. The summed E-state index contributed by atoms with van der Waals surface area (Å²) < 4.78 is 5.80. The van der Waals surface area contributed by atoms with Gasteiger partial charge in [-0.2, -0.15) is 0 Å². The Morgan fingerprint density at radius 2 is 1.65 bits per heavy atom. The predicted octanol–water partition coefficient (Wildman–Crippen LogP) is 5.39. The Hall–Kier alpha value is -3.60. The molecule has 5 nitrogen and oxygen atoms in total. The van der Waals surface area contributed by atoms with Crippen LogP contribution < -0.4 is 10.1 Å². The highest BCUT2D eigenvalue weighted by Gasteiger charge is 2.14. The predicted molar refractivity (Wildman–Crippen MR) is 123 cm³/mol. The number of hydrogen-bond donors (Lipinski definition) is 1. The molecular formula is C26H28N2O3. The number of nitrogens with zero attached hydrogens (tertiary/aromatic N) is 1. The van der Waals surface area contributed by atoms with Gasteiger partial charge >= 0.3 is 0 Å². The van der Waals surface area contributed by atoms with Crippen LogP contribution >= 0.6 is 0 Å². The van der Waals surface area contributed by atoms with Gasteiger partial charge in [0.1, 0.15) is 5.75 Å². The highest BCUT2D eigenvalue weighted by atomic mass is 16.5. The van der Waals surface area contributed by atoms with Crippen molar-refractivity contribution in [2.24, 2.45) is 0 Å². The van der Waals surface area contributed by atoms with E-state index in [-0.39, 0.29) is 17.9 Å². The Bertz CT molecular complexity index is 1030. The molecule has 0 aliphatic carbocycles. The number of rotatable bonds is 8. The highest BCUT2D eigenvalue weighted by Crippen LogP contribution is 2.19. The van der Waals surface area contributed by atoms with Crippen LogP contribution in [-0.2, 0) is 6.54 Å². The molecule has 3 rings (SSSR count). The van der Waals surface area contributed by atoms with Gasteiger partial charge in [0, 0.05) is 30.4 Å². The summed E-state index contributed by atoms with van der Waals surface area (Å²) >= 11 is 0. The van der Waals surface area contributed by atoms with E-state index in [1.807, 2.05) is 50.2 Å². The molecule has 1 unspecified atom stereocenters. The van der Waals surface area contributed by atoms with Crippen LogP contribution in [0.4, 0.5) is 5.69 Å². The van der Waals surface area contributed by atoms with Crippen LogP contribution in [0.1, 0.15) is 46.5 Å². The van der Waals surface area contributed by atoms with Crippen molar-refractivity contribution < 1.29 is 14.3 Å². The number of amides is 2. The number of carbonyl (C=O) groups excluding carboxylic acids is 2. The lowest BCUT2D eigenvalue weighted by Gasteiger charge is -2.18. The normalized spacial score (nSPS) is 11.5. The van der Waals surface area contributed by atoms with E-state index in [0.29, 0.717) is 29.1 Å². The smallest absolute Gasteiger partial charge is 0.255 e. The quantitative estimate of drug-likeness (QED) is 0.536. The lowest BCUT2D eigenvalue weighted by Crippen LogP contribution is -2.26. The summed E-state index contributed by atoms with van der Waals surface area (Å²) in [6.07, 6.45) is 0.963. The lowest BCUT2D eigenvalue weighted by molar-refractivity contribution is 0.0784. The van der Waals surface area contributed by atoms with Crippen LogP contribution in [0.5, 0.6) is 5.75 Å². The molecular weight excluding hydrogens is 388 g/mol. The third-order valence-corrected chi connectivity index (χ3v) is 4.99. The average molecular weight is 417 g/mol. The Morgan fingerprint density at radius 1 is 0.935 bits per heavy atom. The van der Waals surface area contributed by atoms with Crippen molar-refractivity contribution in [3.05, 3.63) is 95.6 Å². The molecule has 0 heterocycles. The van der Waals surface area contributed by atoms with Crippen LogP contribution in [-0.4, -0.2) is 29.9 Å². The molecule has 0 radical (unpaired) electrons. The molecule has 2 amide bonds. The van der Waals surface area contributed by atoms with Crippen molar-refractivity contribution in [2.75, 3.05) is 12.4 Å². The number of hydrogen-bond acceptors (Lipinski definition) is 3. The second-order valence-corrected chi connectivity index (χ2v) is 7.55. The first-order valence-electron chi connectivity index (χ1n) is 10.4. The Labute approximate surface area is 183 Å². The molecule has 3 aromatic rings. The van der Waals surface area contributed by atoms with E-state index < -0.39 is 0 Å². The zero-order valence-corrected chi connectivity index (χ0v) is 18.2. The largest absolute Gasteiger partial charge is 0.491 e. The molecule has 0 bridgehead atoms. The number of benzene rings is 3. The van der Waals surface area contributed by atoms with E-state index in [0.717, 1.165) is 12.0 Å². The monoisotopic (exact) mass is 416 g/mol. The Kier molecular flexibility index (Phi) is 7.44. The van der Waals surface area contributed by atoms with Crippen LogP contribution in [0.15, 0.2) is 78.9 Å². The van der Waals surface area contributed by atoms with E-state index in [9.17, 15) is 9.59 Å². The summed E-state index contributed by atoms with van der Waals surface area (Å²) in [7, 11) is 1.77. The highest BCUT2D eigenvalue weighted by molar-refractivity contribution is 6.05. The number of ether oxygens (including phenoxy) is 1.